The van der Waals surface area contributed by atoms with E-state index < -0.39 is 12.1 Å². The maximum absolute atomic E-state index is 12.2. The summed E-state index contributed by atoms with van der Waals surface area (Å²) in [6, 6.07) is 17.6. The molecule has 0 radical (unpaired) electrons. The van der Waals surface area contributed by atoms with Gasteiger partial charge < -0.3 is 10.1 Å². The lowest BCUT2D eigenvalue weighted by Crippen LogP contribution is -2.41. The summed E-state index contributed by atoms with van der Waals surface area (Å²) in [5.41, 5.74) is 2.09. The number of halogens is 1. The smallest absolute Gasteiger partial charge is 0.311 e. The second-order valence-corrected chi connectivity index (χ2v) is 7.28. The minimum atomic E-state index is -0.808. The lowest BCUT2D eigenvalue weighted by Gasteiger charge is -2.18. The monoisotopic (exact) mass is 417 g/mol. The molecule has 0 aromatic heterocycles. The second-order valence-electron chi connectivity index (χ2n) is 6.37. The molecule has 26 heavy (non-hydrogen) atoms. The van der Waals surface area contributed by atoms with Gasteiger partial charge >= 0.3 is 5.97 Å². The number of hydrogen-bond donors (Lipinski definition) is 1. The van der Waals surface area contributed by atoms with Gasteiger partial charge in [0, 0.05) is 10.5 Å². The van der Waals surface area contributed by atoms with Gasteiger partial charge in [0.15, 0.2) is 6.10 Å². The van der Waals surface area contributed by atoms with Crippen molar-refractivity contribution in [1.29, 1.82) is 0 Å². The van der Waals surface area contributed by atoms with E-state index in [0.717, 1.165) is 22.9 Å². The Balaban J connectivity index is 1.73. The number of ether oxygens (including phenoxy) is 1. The van der Waals surface area contributed by atoms with Gasteiger partial charge in [-0.3, -0.25) is 9.59 Å². The molecule has 0 bridgehead atoms. The highest BCUT2D eigenvalue weighted by atomic mass is 79.9. The Morgan fingerprint density at radius 2 is 1.65 bits per heavy atom. The summed E-state index contributed by atoms with van der Waals surface area (Å²) in [4.78, 5) is 24.2. The molecule has 1 amide bonds. The minimum absolute atomic E-state index is 0.00957. The molecule has 2 rings (SSSR count). The summed E-state index contributed by atoms with van der Waals surface area (Å²) >= 11 is 3.35. The number of aryl methyl sites for hydroxylation is 1. The third kappa shape index (κ3) is 7.00. The minimum Gasteiger partial charge on any atom is -0.452 e. The molecule has 5 heteroatoms. The summed E-state index contributed by atoms with van der Waals surface area (Å²) in [5.74, 6) is -0.679. The molecule has 0 unspecified atom stereocenters. The lowest BCUT2D eigenvalue weighted by molar-refractivity contribution is -0.154. The Morgan fingerprint density at radius 1 is 1.00 bits per heavy atom. The first-order chi connectivity index (χ1) is 12.4. The number of esters is 1. The van der Waals surface area contributed by atoms with Crippen molar-refractivity contribution in [1.82, 2.24) is 5.32 Å². The largest absolute Gasteiger partial charge is 0.452 e. The molecule has 0 heterocycles. The van der Waals surface area contributed by atoms with Crippen LogP contribution in [0.4, 0.5) is 0 Å². The van der Waals surface area contributed by atoms with Crippen LogP contribution in [0.15, 0.2) is 59.1 Å². The third-order valence-corrected chi connectivity index (χ3v) is 4.57. The van der Waals surface area contributed by atoms with E-state index in [9.17, 15) is 9.59 Å². The molecule has 0 fully saturated rings. The van der Waals surface area contributed by atoms with Crippen LogP contribution in [0.2, 0.25) is 0 Å². The van der Waals surface area contributed by atoms with E-state index in [1.165, 1.54) is 5.56 Å². The number of benzene rings is 2. The average molecular weight is 418 g/mol. The van der Waals surface area contributed by atoms with Crippen LogP contribution in [0.25, 0.3) is 0 Å². The maximum Gasteiger partial charge on any atom is 0.311 e. The van der Waals surface area contributed by atoms with Gasteiger partial charge in [0.2, 0.25) is 0 Å². The van der Waals surface area contributed by atoms with Crippen LogP contribution in [-0.2, 0) is 27.2 Å². The summed E-state index contributed by atoms with van der Waals surface area (Å²) < 4.78 is 6.20. The molecule has 138 valence electrons. The van der Waals surface area contributed by atoms with E-state index in [1.54, 1.807) is 6.92 Å². The molecule has 0 aliphatic heterocycles. The highest BCUT2D eigenvalue weighted by molar-refractivity contribution is 9.10. The molecule has 0 saturated heterocycles. The van der Waals surface area contributed by atoms with Gasteiger partial charge in [0.05, 0.1) is 6.42 Å². The molecule has 0 saturated carbocycles. The maximum atomic E-state index is 12.2. The zero-order valence-electron chi connectivity index (χ0n) is 15.1. The topological polar surface area (TPSA) is 55.4 Å². The molecular weight excluding hydrogens is 394 g/mol. The predicted octanol–water partition coefficient (Wildman–Crippen LogP) is 4.06. The number of hydrogen-bond acceptors (Lipinski definition) is 3. The molecule has 2 aromatic rings. The molecular formula is C21H24BrNO3. The van der Waals surface area contributed by atoms with Gasteiger partial charge in [0.1, 0.15) is 0 Å². The van der Waals surface area contributed by atoms with Crippen molar-refractivity contribution in [3.05, 3.63) is 70.2 Å². The van der Waals surface area contributed by atoms with Crippen molar-refractivity contribution in [3.8, 4) is 0 Å². The van der Waals surface area contributed by atoms with Gasteiger partial charge in [-0.2, -0.15) is 0 Å². The lowest BCUT2D eigenvalue weighted by atomic mass is 10.1. The van der Waals surface area contributed by atoms with E-state index >= 15 is 0 Å². The third-order valence-electron chi connectivity index (χ3n) is 4.04. The fourth-order valence-electron chi connectivity index (χ4n) is 2.52. The summed E-state index contributed by atoms with van der Waals surface area (Å²) in [5, 5.41) is 2.90. The van der Waals surface area contributed by atoms with Crippen LogP contribution >= 0.6 is 15.9 Å². The number of nitrogens with one attached hydrogen (secondary N) is 1. The highest BCUT2D eigenvalue weighted by Crippen LogP contribution is 2.11. The highest BCUT2D eigenvalue weighted by Gasteiger charge is 2.19. The summed E-state index contributed by atoms with van der Waals surface area (Å²) in [7, 11) is 0. The van der Waals surface area contributed by atoms with Crippen molar-refractivity contribution in [2.45, 2.75) is 45.3 Å². The van der Waals surface area contributed by atoms with Crippen LogP contribution < -0.4 is 5.32 Å². The first-order valence-corrected chi connectivity index (χ1v) is 9.51. The van der Waals surface area contributed by atoms with E-state index in [1.807, 2.05) is 49.4 Å². The number of carbonyl (C=O) groups is 2. The van der Waals surface area contributed by atoms with E-state index in [4.69, 9.17) is 4.74 Å². The number of rotatable bonds is 8. The zero-order valence-corrected chi connectivity index (χ0v) is 16.7. The Hall–Kier alpha value is -2.14. The predicted molar refractivity (Wildman–Crippen MR) is 106 cm³/mol. The average Bonchev–Trinajstić information content (AvgIpc) is 2.62. The van der Waals surface area contributed by atoms with Crippen LogP contribution in [0.1, 0.15) is 31.4 Å². The van der Waals surface area contributed by atoms with Gasteiger partial charge in [-0.15, -0.1) is 0 Å². The van der Waals surface area contributed by atoms with Crippen LogP contribution in [0.5, 0.6) is 0 Å². The quantitative estimate of drug-likeness (QED) is 0.658. The second kappa shape index (κ2) is 10.1. The van der Waals surface area contributed by atoms with Gasteiger partial charge in [-0.1, -0.05) is 58.4 Å². The summed E-state index contributed by atoms with van der Waals surface area (Å²) in [6.45, 7) is 3.55. The van der Waals surface area contributed by atoms with Crippen LogP contribution in [0, 0.1) is 0 Å². The molecule has 4 nitrogen and oxygen atoms in total. The Labute approximate surface area is 163 Å². The first kappa shape index (κ1) is 20.2. The van der Waals surface area contributed by atoms with Crippen molar-refractivity contribution in [2.24, 2.45) is 0 Å². The molecule has 0 aliphatic rings. The SMILES string of the molecule is C[C@H](OC(=O)Cc1ccc(Br)cc1)C(=O)N[C@@H](C)CCc1ccccc1. The van der Waals surface area contributed by atoms with Crippen LogP contribution in [0.3, 0.4) is 0 Å². The number of amides is 1. The fourth-order valence-corrected chi connectivity index (χ4v) is 2.79. The summed E-state index contributed by atoms with van der Waals surface area (Å²) in [6.07, 6.45) is 1.06. The fraction of sp³-hybridized carbons (Fsp3) is 0.333. The number of carbonyl (C=O) groups excluding carboxylic acids is 2. The van der Waals surface area contributed by atoms with E-state index in [2.05, 4.69) is 33.4 Å². The van der Waals surface area contributed by atoms with Gasteiger partial charge in [0.25, 0.3) is 5.91 Å². The van der Waals surface area contributed by atoms with Gasteiger partial charge in [-0.25, -0.2) is 0 Å². The van der Waals surface area contributed by atoms with E-state index in [-0.39, 0.29) is 18.4 Å². The zero-order chi connectivity index (χ0) is 18.9. The molecule has 2 atom stereocenters. The Bertz CT molecular complexity index is 716. The normalized spacial score (nSPS) is 12.9. The molecule has 0 spiro atoms. The Morgan fingerprint density at radius 3 is 2.31 bits per heavy atom. The van der Waals surface area contributed by atoms with Crippen molar-refractivity contribution < 1.29 is 14.3 Å². The Kier molecular flexibility index (Phi) is 7.85. The van der Waals surface area contributed by atoms with Gasteiger partial charge in [-0.05, 0) is 49.9 Å². The molecule has 0 aliphatic carbocycles. The first-order valence-electron chi connectivity index (χ1n) is 8.72. The molecule has 2 aromatic carbocycles. The van der Waals surface area contributed by atoms with Crippen molar-refractivity contribution >= 4 is 27.8 Å². The van der Waals surface area contributed by atoms with Crippen molar-refractivity contribution in [3.63, 3.8) is 0 Å². The molecule has 1 N–H and O–H groups in total. The van der Waals surface area contributed by atoms with Crippen molar-refractivity contribution in [2.75, 3.05) is 0 Å². The standard InChI is InChI=1S/C21H24BrNO3/c1-15(8-9-17-6-4-3-5-7-17)23-21(25)16(2)26-20(24)14-18-10-12-19(22)13-11-18/h3-7,10-13,15-16H,8-9,14H2,1-2H3,(H,23,25)/t15-,16-/m0/s1. The van der Waals surface area contributed by atoms with E-state index in [0.29, 0.717) is 0 Å². The van der Waals surface area contributed by atoms with Crippen LogP contribution in [-0.4, -0.2) is 24.0 Å².